The van der Waals surface area contributed by atoms with E-state index in [2.05, 4.69) is 4.72 Å². The summed E-state index contributed by atoms with van der Waals surface area (Å²) in [4.78, 5) is -0.280. The van der Waals surface area contributed by atoms with Crippen LogP contribution < -0.4 is 14.2 Å². The van der Waals surface area contributed by atoms with E-state index in [1.807, 2.05) is 0 Å². The smallest absolute Gasteiger partial charge is 0.262 e. The number of nitrogens with one attached hydrogen (secondary N) is 1. The van der Waals surface area contributed by atoms with Crippen molar-refractivity contribution in [1.82, 2.24) is 4.31 Å². The Hall–Kier alpha value is -2.50. The first-order chi connectivity index (χ1) is 12.6. The predicted octanol–water partition coefficient (Wildman–Crippen LogP) is 1.21. The SMILES string of the molecule is CN(C)S(=O)(=O)c1ccc(O)c(NS(=O)(=O)c2ccc3c(c2)OCCO3)c1. The van der Waals surface area contributed by atoms with Gasteiger partial charge in [-0.25, -0.2) is 21.1 Å². The van der Waals surface area contributed by atoms with Crippen LogP contribution in [0.4, 0.5) is 5.69 Å². The lowest BCUT2D eigenvalue weighted by atomic mass is 10.3. The van der Waals surface area contributed by atoms with Crippen molar-refractivity contribution < 1.29 is 31.4 Å². The van der Waals surface area contributed by atoms with Gasteiger partial charge in [-0.05, 0) is 30.3 Å². The number of ether oxygens (including phenoxy) is 2. The molecule has 0 spiro atoms. The van der Waals surface area contributed by atoms with Crippen LogP contribution in [0.25, 0.3) is 0 Å². The van der Waals surface area contributed by atoms with Gasteiger partial charge in [-0.1, -0.05) is 0 Å². The van der Waals surface area contributed by atoms with Crippen molar-refractivity contribution in [3.8, 4) is 17.2 Å². The Morgan fingerprint density at radius 3 is 2.22 bits per heavy atom. The lowest BCUT2D eigenvalue weighted by Gasteiger charge is -2.19. The molecule has 1 aliphatic heterocycles. The zero-order valence-electron chi connectivity index (χ0n) is 14.5. The summed E-state index contributed by atoms with van der Waals surface area (Å²) in [5, 5.41) is 9.96. The number of hydrogen-bond donors (Lipinski definition) is 2. The predicted molar refractivity (Wildman–Crippen MR) is 97.2 cm³/mol. The molecule has 1 aliphatic rings. The van der Waals surface area contributed by atoms with Gasteiger partial charge < -0.3 is 14.6 Å². The molecular formula is C16H18N2O7S2. The maximum absolute atomic E-state index is 12.7. The standard InChI is InChI=1S/C16H18N2O7S2/c1-18(2)27(22,23)12-3-5-14(19)13(9-12)17-26(20,21)11-4-6-15-16(10-11)25-8-7-24-15/h3-6,9-10,17,19H,7-8H2,1-2H3. The normalized spacial score (nSPS) is 14.2. The van der Waals surface area contributed by atoms with Gasteiger partial charge in [0.15, 0.2) is 11.5 Å². The molecule has 0 fully saturated rings. The Morgan fingerprint density at radius 2 is 1.56 bits per heavy atom. The Labute approximate surface area is 157 Å². The topological polar surface area (TPSA) is 122 Å². The summed E-state index contributed by atoms with van der Waals surface area (Å²) in [7, 11) is -5.21. The number of aromatic hydroxyl groups is 1. The van der Waals surface area contributed by atoms with Gasteiger partial charge in [0.05, 0.1) is 15.5 Å². The number of fused-ring (bicyclic) bond motifs is 1. The zero-order valence-corrected chi connectivity index (χ0v) is 16.2. The van der Waals surface area contributed by atoms with Crippen LogP contribution in [-0.4, -0.2) is 53.6 Å². The van der Waals surface area contributed by atoms with Gasteiger partial charge in [0, 0.05) is 20.2 Å². The first kappa shape index (κ1) is 19.3. The molecule has 2 aromatic rings. The van der Waals surface area contributed by atoms with Gasteiger partial charge >= 0.3 is 0 Å². The molecule has 2 N–H and O–H groups in total. The lowest BCUT2D eigenvalue weighted by Crippen LogP contribution is -2.22. The van der Waals surface area contributed by atoms with Crippen LogP contribution in [-0.2, 0) is 20.0 Å². The highest BCUT2D eigenvalue weighted by molar-refractivity contribution is 7.92. The second-order valence-electron chi connectivity index (χ2n) is 5.88. The largest absolute Gasteiger partial charge is 0.506 e. The van der Waals surface area contributed by atoms with Crippen LogP contribution in [0.15, 0.2) is 46.2 Å². The molecule has 0 atom stereocenters. The van der Waals surface area contributed by atoms with Crippen LogP contribution in [0.3, 0.4) is 0 Å². The molecule has 0 amide bonds. The molecule has 0 radical (unpaired) electrons. The molecule has 0 saturated carbocycles. The molecule has 2 aromatic carbocycles. The van der Waals surface area contributed by atoms with E-state index < -0.39 is 25.8 Å². The molecule has 3 rings (SSSR count). The Kier molecular flexibility index (Phi) is 4.93. The molecule has 0 saturated heterocycles. The van der Waals surface area contributed by atoms with Crippen LogP contribution in [0.2, 0.25) is 0 Å². The number of anilines is 1. The molecule has 1 heterocycles. The maximum atomic E-state index is 12.7. The first-order valence-corrected chi connectivity index (χ1v) is 10.7. The molecule has 146 valence electrons. The molecule has 0 bridgehead atoms. The maximum Gasteiger partial charge on any atom is 0.262 e. The molecule has 0 aromatic heterocycles. The summed E-state index contributed by atoms with van der Waals surface area (Å²) >= 11 is 0. The van der Waals surface area contributed by atoms with Crippen molar-refractivity contribution >= 4 is 25.7 Å². The third-order valence-electron chi connectivity index (χ3n) is 3.81. The third kappa shape index (κ3) is 3.80. The number of nitrogens with zero attached hydrogens (tertiary/aromatic N) is 1. The average Bonchev–Trinajstić information content (AvgIpc) is 2.62. The second kappa shape index (κ2) is 6.91. The van der Waals surface area contributed by atoms with Gasteiger partial charge in [0.2, 0.25) is 10.0 Å². The van der Waals surface area contributed by atoms with E-state index in [1.165, 1.54) is 38.4 Å². The second-order valence-corrected chi connectivity index (χ2v) is 9.71. The minimum atomic E-state index is -4.11. The van der Waals surface area contributed by atoms with Gasteiger partial charge in [-0.15, -0.1) is 0 Å². The van der Waals surface area contributed by atoms with Crippen molar-refractivity contribution in [2.45, 2.75) is 9.79 Å². The quantitative estimate of drug-likeness (QED) is 0.705. The fourth-order valence-electron chi connectivity index (χ4n) is 2.36. The van der Waals surface area contributed by atoms with Crippen molar-refractivity contribution in [2.75, 3.05) is 32.0 Å². The highest BCUT2D eigenvalue weighted by Crippen LogP contribution is 2.34. The van der Waals surface area contributed by atoms with Gasteiger partial charge in [0.1, 0.15) is 19.0 Å². The number of rotatable bonds is 5. The summed E-state index contributed by atoms with van der Waals surface area (Å²) in [5.41, 5.74) is -0.257. The van der Waals surface area contributed by atoms with Gasteiger partial charge in [0.25, 0.3) is 10.0 Å². The van der Waals surface area contributed by atoms with E-state index in [0.29, 0.717) is 19.0 Å². The molecule has 11 heteroatoms. The van der Waals surface area contributed by atoms with Crippen LogP contribution >= 0.6 is 0 Å². The fraction of sp³-hybridized carbons (Fsp3) is 0.250. The van der Waals surface area contributed by atoms with Crippen molar-refractivity contribution in [3.63, 3.8) is 0 Å². The highest BCUT2D eigenvalue weighted by atomic mass is 32.2. The van der Waals surface area contributed by atoms with E-state index in [4.69, 9.17) is 9.47 Å². The lowest BCUT2D eigenvalue weighted by molar-refractivity contribution is 0.171. The zero-order chi connectivity index (χ0) is 19.8. The Morgan fingerprint density at radius 1 is 0.926 bits per heavy atom. The number of sulfonamides is 2. The molecule has 0 unspecified atom stereocenters. The highest BCUT2D eigenvalue weighted by Gasteiger charge is 2.23. The third-order valence-corrected chi connectivity index (χ3v) is 6.99. The average molecular weight is 414 g/mol. The molecule has 0 aliphatic carbocycles. The molecular weight excluding hydrogens is 396 g/mol. The molecule has 9 nitrogen and oxygen atoms in total. The fourth-order valence-corrected chi connectivity index (χ4v) is 4.37. The number of benzene rings is 2. The summed E-state index contributed by atoms with van der Waals surface area (Å²) in [6, 6.07) is 7.45. The van der Waals surface area contributed by atoms with Gasteiger partial charge in [-0.3, -0.25) is 4.72 Å². The number of hydrogen-bond acceptors (Lipinski definition) is 7. The van der Waals surface area contributed by atoms with Gasteiger partial charge in [-0.2, -0.15) is 0 Å². The minimum absolute atomic E-state index is 0.119. The van der Waals surface area contributed by atoms with Crippen molar-refractivity contribution in [1.29, 1.82) is 0 Å². The minimum Gasteiger partial charge on any atom is -0.506 e. The summed E-state index contributed by atoms with van der Waals surface area (Å²) in [6.07, 6.45) is 0. The summed E-state index contributed by atoms with van der Waals surface area (Å²) < 4.78 is 63.7. The summed E-state index contributed by atoms with van der Waals surface area (Å²) in [6.45, 7) is 0.674. The van der Waals surface area contributed by atoms with E-state index in [9.17, 15) is 21.9 Å². The Bertz CT molecular complexity index is 1080. The van der Waals surface area contributed by atoms with Crippen LogP contribution in [0.5, 0.6) is 17.2 Å². The first-order valence-electron chi connectivity index (χ1n) is 7.79. The van der Waals surface area contributed by atoms with Crippen LogP contribution in [0, 0.1) is 0 Å². The number of phenols is 1. The van der Waals surface area contributed by atoms with E-state index >= 15 is 0 Å². The van der Waals surface area contributed by atoms with Crippen LogP contribution in [0.1, 0.15) is 0 Å². The van der Waals surface area contributed by atoms with Crippen molar-refractivity contribution in [3.05, 3.63) is 36.4 Å². The van der Waals surface area contributed by atoms with E-state index in [1.54, 1.807) is 0 Å². The van der Waals surface area contributed by atoms with Crippen molar-refractivity contribution in [2.24, 2.45) is 0 Å². The number of phenolic OH excluding ortho intramolecular Hbond substituents is 1. The van der Waals surface area contributed by atoms with E-state index in [-0.39, 0.29) is 21.2 Å². The Balaban J connectivity index is 1.97. The monoisotopic (exact) mass is 414 g/mol. The van der Waals surface area contributed by atoms with E-state index in [0.717, 1.165) is 16.4 Å². The molecule has 27 heavy (non-hydrogen) atoms. The summed E-state index contributed by atoms with van der Waals surface area (Å²) in [5.74, 6) is 0.313.